The molecule has 0 aliphatic heterocycles. The van der Waals surface area contributed by atoms with E-state index in [9.17, 15) is 13.2 Å². The molecule has 0 unspecified atom stereocenters. The van der Waals surface area contributed by atoms with E-state index in [0.29, 0.717) is 6.42 Å². The van der Waals surface area contributed by atoms with Gasteiger partial charge in [0, 0.05) is 6.54 Å². The van der Waals surface area contributed by atoms with Gasteiger partial charge in [-0.15, -0.1) is 0 Å². The van der Waals surface area contributed by atoms with E-state index in [1.54, 1.807) is 0 Å². The Balaban J connectivity index is 1.98. The van der Waals surface area contributed by atoms with E-state index < -0.39 is 12.0 Å². The molecule has 0 amide bonds. The van der Waals surface area contributed by atoms with Crippen LogP contribution in [0.5, 0.6) is 0 Å². The number of alkyl halides is 3. The maximum atomic E-state index is 12.2. The third-order valence-corrected chi connectivity index (χ3v) is 3.03. The maximum absolute atomic E-state index is 12.2. The van der Waals surface area contributed by atoms with Gasteiger partial charge < -0.3 is 5.73 Å². The van der Waals surface area contributed by atoms with E-state index in [4.69, 9.17) is 5.73 Å². The van der Waals surface area contributed by atoms with Crippen LogP contribution in [0.1, 0.15) is 5.56 Å². The molecule has 2 aromatic rings. The van der Waals surface area contributed by atoms with Gasteiger partial charge in [0.25, 0.3) is 0 Å². The lowest BCUT2D eigenvalue weighted by molar-refractivity contribution is -0.0600. The standard InChI is InChI=1S/C16H15F3N2/c17-16(18,19)15(20)21-11-10-12-6-8-14(9-7-12)13-4-2-1-3-5-13/h1-9H,10-11H2,(H2,20,21). The lowest BCUT2D eigenvalue weighted by atomic mass is 10.0. The van der Waals surface area contributed by atoms with E-state index in [1.165, 1.54) is 0 Å². The van der Waals surface area contributed by atoms with Crippen molar-refractivity contribution in [3.63, 3.8) is 0 Å². The monoisotopic (exact) mass is 292 g/mol. The fourth-order valence-electron chi connectivity index (χ4n) is 1.89. The zero-order valence-corrected chi connectivity index (χ0v) is 11.3. The molecule has 2 aromatic carbocycles. The van der Waals surface area contributed by atoms with Gasteiger partial charge in [-0.25, -0.2) is 0 Å². The normalized spacial score (nSPS) is 12.4. The first-order chi connectivity index (χ1) is 9.97. The maximum Gasteiger partial charge on any atom is 0.448 e. The summed E-state index contributed by atoms with van der Waals surface area (Å²) in [6.45, 7) is 0.0238. The summed E-state index contributed by atoms with van der Waals surface area (Å²) in [6, 6.07) is 17.5. The summed E-state index contributed by atoms with van der Waals surface area (Å²) in [7, 11) is 0. The van der Waals surface area contributed by atoms with Gasteiger partial charge in [-0.3, -0.25) is 4.99 Å². The third-order valence-electron chi connectivity index (χ3n) is 3.03. The van der Waals surface area contributed by atoms with Gasteiger partial charge in [0.1, 0.15) is 0 Å². The Bertz CT molecular complexity index is 602. The number of amidine groups is 1. The Kier molecular flexibility index (Phi) is 4.62. The summed E-state index contributed by atoms with van der Waals surface area (Å²) in [5.74, 6) is -1.27. The number of hydrogen-bond donors (Lipinski definition) is 1. The second kappa shape index (κ2) is 6.43. The average Bonchev–Trinajstić information content (AvgIpc) is 2.48. The van der Waals surface area contributed by atoms with Gasteiger partial charge in [-0.2, -0.15) is 13.2 Å². The molecule has 0 radical (unpaired) electrons. The molecule has 2 N–H and O–H groups in total. The van der Waals surface area contributed by atoms with Gasteiger partial charge in [0.15, 0.2) is 0 Å². The third kappa shape index (κ3) is 4.34. The highest BCUT2D eigenvalue weighted by Crippen LogP contribution is 2.19. The Morgan fingerprint density at radius 1 is 0.905 bits per heavy atom. The highest BCUT2D eigenvalue weighted by Gasteiger charge is 2.33. The minimum absolute atomic E-state index is 0.0238. The first kappa shape index (κ1) is 15.1. The molecule has 0 aliphatic carbocycles. The van der Waals surface area contributed by atoms with Crippen LogP contribution in [0, 0.1) is 0 Å². The van der Waals surface area contributed by atoms with Crippen LogP contribution in [0.3, 0.4) is 0 Å². The Labute approximate surface area is 121 Å². The van der Waals surface area contributed by atoms with E-state index in [0.717, 1.165) is 16.7 Å². The van der Waals surface area contributed by atoms with Crippen molar-refractivity contribution >= 4 is 5.84 Å². The molecule has 0 atom stereocenters. The molecule has 0 fully saturated rings. The van der Waals surface area contributed by atoms with Crippen molar-refractivity contribution in [1.29, 1.82) is 0 Å². The highest BCUT2D eigenvalue weighted by atomic mass is 19.4. The molecule has 0 aromatic heterocycles. The van der Waals surface area contributed by atoms with Crippen molar-refractivity contribution in [2.75, 3.05) is 6.54 Å². The van der Waals surface area contributed by atoms with Crippen LogP contribution in [0.4, 0.5) is 13.2 Å². The fourth-order valence-corrected chi connectivity index (χ4v) is 1.89. The zero-order chi connectivity index (χ0) is 15.3. The van der Waals surface area contributed by atoms with E-state index >= 15 is 0 Å². The molecule has 110 valence electrons. The van der Waals surface area contributed by atoms with Crippen LogP contribution < -0.4 is 5.73 Å². The molecular weight excluding hydrogens is 277 g/mol. The fraction of sp³-hybridized carbons (Fsp3) is 0.188. The van der Waals surface area contributed by atoms with Crippen LogP contribution in [0.25, 0.3) is 11.1 Å². The molecule has 2 nitrogen and oxygen atoms in total. The van der Waals surface area contributed by atoms with Crippen LogP contribution in [0.2, 0.25) is 0 Å². The average molecular weight is 292 g/mol. The highest BCUT2D eigenvalue weighted by molar-refractivity contribution is 5.85. The summed E-state index contributed by atoms with van der Waals surface area (Å²) in [4.78, 5) is 3.34. The number of aliphatic imine (C=N–C) groups is 1. The molecule has 2 rings (SSSR count). The van der Waals surface area contributed by atoms with Crippen molar-refractivity contribution in [2.24, 2.45) is 10.7 Å². The summed E-state index contributed by atoms with van der Waals surface area (Å²) in [6.07, 6.45) is -4.12. The van der Waals surface area contributed by atoms with Crippen LogP contribution in [0.15, 0.2) is 59.6 Å². The molecule has 0 saturated carbocycles. The Morgan fingerprint density at radius 3 is 2.05 bits per heavy atom. The van der Waals surface area contributed by atoms with Crippen molar-refractivity contribution < 1.29 is 13.2 Å². The smallest absolute Gasteiger partial charge is 0.380 e. The first-order valence-corrected chi connectivity index (χ1v) is 6.48. The van der Waals surface area contributed by atoms with Crippen molar-refractivity contribution in [3.8, 4) is 11.1 Å². The second-order valence-electron chi connectivity index (χ2n) is 4.58. The van der Waals surface area contributed by atoms with Crippen molar-refractivity contribution in [3.05, 3.63) is 60.2 Å². The number of halogens is 3. The van der Waals surface area contributed by atoms with Crippen LogP contribution >= 0.6 is 0 Å². The van der Waals surface area contributed by atoms with Gasteiger partial charge in [-0.05, 0) is 23.1 Å². The van der Waals surface area contributed by atoms with E-state index in [-0.39, 0.29) is 6.54 Å². The van der Waals surface area contributed by atoms with Crippen LogP contribution in [-0.2, 0) is 6.42 Å². The predicted molar refractivity (Wildman–Crippen MR) is 78.1 cm³/mol. The van der Waals surface area contributed by atoms with Crippen LogP contribution in [-0.4, -0.2) is 18.6 Å². The van der Waals surface area contributed by atoms with Gasteiger partial charge in [0.2, 0.25) is 5.84 Å². The zero-order valence-electron chi connectivity index (χ0n) is 11.3. The van der Waals surface area contributed by atoms with E-state index in [2.05, 4.69) is 4.99 Å². The van der Waals surface area contributed by atoms with Crippen molar-refractivity contribution in [2.45, 2.75) is 12.6 Å². The minimum Gasteiger partial charge on any atom is -0.380 e. The molecule has 0 aliphatic rings. The first-order valence-electron chi connectivity index (χ1n) is 6.48. The lowest BCUT2D eigenvalue weighted by Crippen LogP contribution is -2.31. The molecule has 0 saturated heterocycles. The predicted octanol–water partition coefficient (Wildman–Crippen LogP) is 3.82. The molecular formula is C16H15F3N2. The Hall–Kier alpha value is -2.30. The van der Waals surface area contributed by atoms with Gasteiger partial charge >= 0.3 is 6.18 Å². The second-order valence-corrected chi connectivity index (χ2v) is 4.58. The lowest BCUT2D eigenvalue weighted by Gasteiger charge is -2.06. The molecule has 21 heavy (non-hydrogen) atoms. The van der Waals surface area contributed by atoms with Crippen molar-refractivity contribution in [1.82, 2.24) is 0 Å². The summed E-state index contributed by atoms with van der Waals surface area (Å²) < 4.78 is 36.5. The SMILES string of the molecule is NC(=NCCc1ccc(-c2ccccc2)cc1)C(F)(F)F. The van der Waals surface area contributed by atoms with E-state index in [1.807, 2.05) is 54.6 Å². The number of hydrogen-bond acceptors (Lipinski definition) is 1. The molecule has 0 heterocycles. The van der Waals surface area contributed by atoms with Gasteiger partial charge in [-0.1, -0.05) is 54.6 Å². The minimum atomic E-state index is -4.54. The number of benzene rings is 2. The number of rotatable bonds is 4. The molecule has 5 heteroatoms. The largest absolute Gasteiger partial charge is 0.448 e. The summed E-state index contributed by atoms with van der Waals surface area (Å²) in [5, 5.41) is 0. The molecule has 0 spiro atoms. The topological polar surface area (TPSA) is 38.4 Å². The quantitative estimate of drug-likeness (QED) is 0.675. The molecule has 0 bridgehead atoms. The number of nitrogens with zero attached hydrogens (tertiary/aromatic N) is 1. The Morgan fingerprint density at radius 2 is 1.48 bits per heavy atom. The summed E-state index contributed by atoms with van der Waals surface area (Å²) >= 11 is 0. The van der Waals surface area contributed by atoms with Gasteiger partial charge in [0.05, 0.1) is 0 Å². The summed E-state index contributed by atoms with van der Waals surface area (Å²) in [5.41, 5.74) is 7.93. The number of nitrogens with two attached hydrogens (primary N) is 1.